The van der Waals surface area contributed by atoms with Gasteiger partial charge in [-0.3, -0.25) is 14.1 Å². The van der Waals surface area contributed by atoms with E-state index < -0.39 is 15.0 Å². The van der Waals surface area contributed by atoms with Crippen LogP contribution in [0.4, 0.5) is 11.4 Å². The number of anilines is 2. The van der Waals surface area contributed by atoms with Gasteiger partial charge in [0.05, 0.1) is 5.69 Å². The van der Waals surface area contributed by atoms with Crippen LogP contribution >= 0.6 is 0 Å². The van der Waals surface area contributed by atoms with Gasteiger partial charge in [-0.2, -0.15) is 8.42 Å². The molecule has 0 saturated carbocycles. The number of carbonyl (C=O) groups is 2. The summed E-state index contributed by atoms with van der Waals surface area (Å²) < 4.78 is 30.8. The van der Waals surface area contributed by atoms with Crippen molar-refractivity contribution in [3.8, 4) is 0 Å². The SMILES string of the molecule is CC(=O)Nc1ccc(S(=O)(=O)O)c(NC=O)c1. The molecule has 2 amide bonds. The van der Waals surface area contributed by atoms with E-state index >= 15 is 0 Å². The van der Waals surface area contributed by atoms with Gasteiger partial charge in [0.1, 0.15) is 4.90 Å². The maximum atomic E-state index is 11.0. The molecule has 17 heavy (non-hydrogen) atoms. The molecular formula is C9H10N2O5S. The van der Waals surface area contributed by atoms with E-state index in [-0.39, 0.29) is 18.0 Å². The Morgan fingerprint density at radius 3 is 2.53 bits per heavy atom. The molecule has 92 valence electrons. The van der Waals surface area contributed by atoms with Gasteiger partial charge >= 0.3 is 0 Å². The molecular weight excluding hydrogens is 248 g/mol. The van der Waals surface area contributed by atoms with E-state index in [1.807, 2.05) is 0 Å². The van der Waals surface area contributed by atoms with Gasteiger partial charge in [0.15, 0.2) is 0 Å². The lowest BCUT2D eigenvalue weighted by Gasteiger charge is -2.08. The van der Waals surface area contributed by atoms with Crippen LogP contribution in [0.2, 0.25) is 0 Å². The first kappa shape index (κ1) is 13.1. The van der Waals surface area contributed by atoms with Crippen molar-refractivity contribution < 1.29 is 22.6 Å². The summed E-state index contributed by atoms with van der Waals surface area (Å²) in [6.07, 6.45) is 0.265. The standard InChI is InChI=1S/C9H10N2O5S/c1-6(13)11-7-2-3-9(17(14,15)16)8(4-7)10-5-12/h2-5H,1H3,(H,10,12)(H,11,13)(H,14,15,16). The summed E-state index contributed by atoms with van der Waals surface area (Å²) in [5, 5.41) is 4.54. The summed E-state index contributed by atoms with van der Waals surface area (Å²) in [7, 11) is -4.43. The molecule has 8 heteroatoms. The maximum Gasteiger partial charge on any atom is 0.296 e. The predicted molar refractivity (Wildman–Crippen MR) is 60.2 cm³/mol. The van der Waals surface area contributed by atoms with Gasteiger partial charge in [-0.15, -0.1) is 0 Å². The molecule has 0 spiro atoms. The minimum atomic E-state index is -4.43. The van der Waals surface area contributed by atoms with Gasteiger partial charge in [-0.1, -0.05) is 0 Å². The van der Waals surface area contributed by atoms with Crippen molar-refractivity contribution in [2.24, 2.45) is 0 Å². The van der Waals surface area contributed by atoms with Crippen molar-refractivity contribution in [3.63, 3.8) is 0 Å². The first-order valence-electron chi connectivity index (χ1n) is 4.44. The van der Waals surface area contributed by atoms with Gasteiger partial charge in [-0.25, -0.2) is 0 Å². The van der Waals surface area contributed by atoms with Gasteiger partial charge in [0, 0.05) is 12.6 Å². The molecule has 0 aliphatic heterocycles. The van der Waals surface area contributed by atoms with E-state index in [1.165, 1.54) is 19.1 Å². The average Bonchev–Trinajstić information content (AvgIpc) is 2.15. The zero-order valence-corrected chi connectivity index (χ0v) is 9.61. The van der Waals surface area contributed by atoms with Gasteiger partial charge < -0.3 is 10.6 Å². The molecule has 0 aliphatic rings. The van der Waals surface area contributed by atoms with Crippen LogP contribution in [0.5, 0.6) is 0 Å². The third kappa shape index (κ3) is 3.54. The smallest absolute Gasteiger partial charge is 0.296 e. The number of hydrogen-bond acceptors (Lipinski definition) is 4. The summed E-state index contributed by atoms with van der Waals surface area (Å²) in [6.45, 7) is 1.28. The molecule has 0 heterocycles. The Balaban J connectivity index is 3.26. The van der Waals surface area contributed by atoms with Crippen molar-refractivity contribution in [2.45, 2.75) is 11.8 Å². The normalized spacial score (nSPS) is 10.7. The van der Waals surface area contributed by atoms with Crippen molar-refractivity contribution in [3.05, 3.63) is 18.2 Å². The van der Waals surface area contributed by atoms with E-state index in [0.29, 0.717) is 5.69 Å². The molecule has 0 aromatic heterocycles. The van der Waals surface area contributed by atoms with Gasteiger partial charge in [-0.05, 0) is 18.2 Å². The predicted octanol–water partition coefficient (Wildman–Crippen LogP) is 0.460. The van der Waals surface area contributed by atoms with Gasteiger partial charge in [0.2, 0.25) is 12.3 Å². The maximum absolute atomic E-state index is 11.0. The lowest BCUT2D eigenvalue weighted by molar-refractivity contribution is -0.114. The van der Waals surface area contributed by atoms with Crippen molar-refractivity contribution in [1.29, 1.82) is 0 Å². The highest BCUT2D eigenvalue weighted by atomic mass is 32.2. The Morgan fingerprint density at radius 2 is 2.06 bits per heavy atom. The van der Waals surface area contributed by atoms with Crippen molar-refractivity contribution >= 4 is 33.8 Å². The Kier molecular flexibility index (Phi) is 3.81. The van der Waals surface area contributed by atoms with Gasteiger partial charge in [0.25, 0.3) is 10.1 Å². The zero-order chi connectivity index (χ0) is 13.1. The number of amides is 2. The van der Waals surface area contributed by atoms with Crippen LogP contribution < -0.4 is 10.6 Å². The van der Waals surface area contributed by atoms with E-state index in [9.17, 15) is 18.0 Å². The number of rotatable bonds is 4. The molecule has 0 radical (unpaired) electrons. The van der Waals surface area contributed by atoms with Crippen LogP contribution in [-0.2, 0) is 19.7 Å². The lowest BCUT2D eigenvalue weighted by Crippen LogP contribution is -2.09. The molecule has 1 aromatic rings. The second kappa shape index (κ2) is 4.93. The van der Waals surface area contributed by atoms with Crippen LogP contribution in [0, 0.1) is 0 Å². The summed E-state index contributed by atoms with van der Waals surface area (Å²) in [5.74, 6) is -0.346. The highest BCUT2D eigenvalue weighted by Crippen LogP contribution is 2.24. The quantitative estimate of drug-likeness (QED) is 0.536. The largest absolute Gasteiger partial charge is 0.327 e. The van der Waals surface area contributed by atoms with Crippen molar-refractivity contribution in [1.82, 2.24) is 0 Å². The molecule has 3 N–H and O–H groups in total. The fourth-order valence-electron chi connectivity index (χ4n) is 1.21. The first-order valence-corrected chi connectivity index (χ1v) is 5.88. The Labute approximate surface area is 97.6 Å². The number of nitrogens with one attached hydrogen (secondary N) is 2. The number of carbonyl (C=O) groups excluding carboxylic acids is 2. The molecule has 0 aliphatic carbocycles. The zero-order valence-electron chi connectivity index (χ0n) is 8.80. The molecule has 1 rings (SSSR count). The summed E-state index contributed by atoms with van der Waals surface area (Å²) in [4.78, 5) is 20.7. The molecule has 0 atom stereocenters. The van der Waals surface area contributed by atoms with Crippen LogP contribution in [-0.4, -0.2) is 25.3 Å². The summed E-state index contributed by atoms with van der Waals surface area (Å²) >= 11 is 0. The van der Waals surface area contributed by atoms with E-state index in [4.69, 9.17) is 4.55 Å². The fraction of sp³-hybridized carbons (Fsp3) is 0.111. The summed E-state index contributed by atoms with van der Waals surface area (Å²) in [6, 6.07) is 3.59. The highest BCUT2D eigenvalue weighted by Gasteiger charge is 2.15. The third-order valence-electron chi connectivity index (χ3n) is 1.79. The van der Waals surface area contributed by atoms with Crippen molar-refractivity contribution in [2.75, 3.05) is 10.6 Å². The van der Waals surface area contributed by atoms with Crippen LogP contribution in [0.25, 0.3) is 0 Å². The average molecular weight is 258 g/mol. The second-order valence-electron chi connectivity index (χ2n) is 3.13. The van der Waals surface area contributed by atoms with Crippen LogP contribution in [0.15, 0.2) is 23.1 Å². The Hall–Kier alpha value is -1.93. The molecule has 0 saturated heterocycles. The van der Waals surface area contributed by atoms with E-state index in [1.54, 1.807) is 0 Å². The molecule has 0 unspecified atom stereocenters. The minimum absolute atomic E-state index is 0.117. The molecule has 0 bridgehead atoms. The molecule has 0 fully saturated rings. The first-order chi connectivity index (χ1) is 7.84. The minimum Gasteiger partial charge on any atom is -0.327 e. The molecule has 7 nitrogen and oxygen atoms in total. The highest BCUT2D eigenvalue weighted by molar-refractivity contribution is 7.86. The second-order valence-corrected chi connectivity index (χ2v) is 4.52. The number of hydrogen-bond donors (Lipinski definition) is 3. The molecule has 1 aromatic carbocycles. The van der Waals surface area contributed by atoms with E-state index in [2.05, 4.69) is 10.6 Å². The topological polar surface area (TPSA) is 113 Å². The Bertz CT molecular complexity index is 553. The van der Waals surface area contributed by atoms with Crippen LogP contribution in [0.1, 0.15) is 6.92 Å². The van der Waals surface area contributed by atoms with Crippen LogP contribution in [0.3, 0.4) is 0 Å². The summed E-state index contributed by atoms with van der Waals surface area (Å²) in [5.41, 5.74) is 0.183. The lowest BCUT2D eigenvalue weighted by atomic mass is 10.2. The Morgan fingerprint density at radius 1 is 1.41 bits per heavy atom. The van der Waals surface area contributed by atoms with E-state index in [0.717, 1.165) is 6.07 Å². The fourth-order valence-corrected chi connectivity index (χ4v) is 1.85. The third-order valence-corrected chi connectivity index (χ3v) is 2.70. The number of benzene rings is 1. The monoisotopic (exact) mass is 258 g/mol.